The Morgan fingerprint density at radius 2 is 1.50 bits per heavy atom. The first-order valence-corrected chi connectivity index (χ1v) is 7.96. The molecule has 1 aliphatic rings. The topological polar surface area (TPSA) is 34.1 Å². The van der Waals surface area contributed by atoms with E-state index >= 15 is 0 Å². The summed E-state index contributed by atoms with van der Waals surface area (Å²) in [6.07, 6.45) is 3.30. The van der Waals surface area contributed by atoms with E-state index in [1.807, 2.05) is 24.3 Å². The van der Waals surface area contributed by atoms with Gasteiger partial charge in [0.25, 0.3) is 0 Å². The molecular formula is C20H20O2. The summed E-state index contributed by atoms with van der Waals surface area (Å²) >= 11 is 0. The molecule has 0 spiro atoms. The third-order valence-electron chi connectivity index (χ3n) is 4.51. The number of benzene rings is 2. The van der Waals surface area contributed by atoms with Gasteiger partial charge in [0.05, 0.1) is 0 Å². The molecule has 0 aliphatic heterocycles. The fraction of sp³-hybridized carbons (Fsp3) is 0.300. The van der Waals surface area contributed by atoms with Crippen LogP contribution in [0, 0.1) is 0 Å². The van der Waals surface area contributed by atoms with E-state index in [1.165, 1.54) is 0 Å². The maximum absolute atomic E-state index is 12.9. The number of unbranched alkanes of at least 4 members (excludes halogenated alkanes) is 1. The summed E-state index contributed by atoms with van der Waals surface area (Å²) in [5, 5.41) is 0. The standard InChI is InChI=1S/C20H20O2/c1-3-4-8-13(2)14-11-7-12-17-18(14)20(22)16-10-6-5-9-15(16)19(17)21/h5-7,9-13H,3-4,8H2,1-2H3. The maximum Gasteiger partial charge on any atom is 0.194 e. The van der Waals surface area contributed by atoms with Crippen LogP contribution in [0.3, 0.4) is 0 Å². The van der Waals surface area contributed by atoms with Crippen molar-refractivity contribution in [1.29, 1.82) is 0 Å². The van der Waals surface area contributed by atoms with E-state index in [0.717, 1.165) is 24.8 Å². The second kappa shape index (κ2) is 5.88. The quantitative estimate of drug-likeness (QED) is 0.695. The molecule has 2 nitrogen and oxygen atoms in total. The normalized spacial score (nSPS) is 14.5. The van der Waals surface area contributed by atoms with Crippen molar-refractivity contribution in [3.05, 3.63) is 70.3 Å². The van der Waals surface area contributed by atoms with E-state index in [1.54, 1.807) is 18.2 Å². The van der Waals surface area contributed by atoms with Crippen molar-refractivity contribution in [2.75, 3.05) is 0 Å². The van der Waals surface area contributed by atoms with Gasteiger partial charge in [-0.05, 0) is 17.9 Å². The molecule has 0 radical (unpaired) electrons. The van der Waals surface area contributed by atoms with Gasteiger partial charge in [-0.3, -0.25) is 9.59 Å². The first-order chi connectivity index (χ1) is 10.6. The van der Waals surface area contributed by atoms with Gasteiger partial charge in [-0.15, -0.1) is 0 Å². The predicted octanol–water partition coefficient (Wildman–Crippen LogP) is 4.76. The van der Waals surface area contributed by atoms with Crippen molar-refractivity contribution < 1.29 is 9.59 Å². The summed E-state index contributed by atoms with van der Waals surface area (Å²) < 4.78 is 0. The molecule has 0 aromatic heterocycles. The molecule has 2 aromatic rings. The van der Waals surface area contributed by atoms with Gasteiger partial charge in [-0.25, -0.2) is 0 Å². The Morgan fingerprint density at radius 3 is 2.18 bits per heavy atom. The maximum atomic E-state index is 12.9. The Bertz CT molecular complexity index is 743. The molecule has 1 aliphatic carbocycles. The van der Waals surface area contributed by atoms with E-state index in [2.05, 4.69) is 13.8 Å². The molecular weight excluding hydrogens is 272 g/mol. The van der Waals surface area contributed by atoms with Gasteiger partial charge in [0, 0.05) is 22.3 Å². The van der Waals surface area contributed by atoms with Gasteiger partial charge in [-0.2, -0.15) is 0 Å². The number of carbonyl (C=O) groups is 2. The fourth-order valence-corrected chi connectivity index (χ4v) is 3.25. The number of carbonyl (C=O) groups excluding carboxylic acids is 2. The molecule has 1 unspecified atom stereocenters. The lowest BCUT2D eigenvalue weighted by molar-refractivity contribution is 0.0978. The molecule has 22 heavy (non-hydrogen) atoms. The average molecular weight is 292 g/mol. The van der Waals surface area contributed by atoms with Crippen LogP contribution in [0.2, 0.25) is 0 Å². The largest absolute Gasteiger partial charge is 0.289 e. The molecule has 0 saturated heterocycles. The smallest absolute Gasteiger partial charge is 0.194 e. The molecule has 0 fully saturated rings. The highest BCUT2D eigenvalue weighted by molar-refractivity contribution is 6.28. The minimum Gasteiger partial charge on any atom is -0.289 e. The zero-order chi connectivity index (χ0) is 15.7. The Morgan fingerprint density at radius 1 is 0.864 bits per heavy atom. The highest BCUT2D eigenvalue weighted by atomic mass is 16.1. The van der Waals surface area contributed by atoms with Crippen LogP contribution in [0.1, 0.15) is 76.4 Å². The summed E-state index contributed by atoms with van der Waals surface area (Å²) in [6, 6.07) is 12.8. The molecule has 0 N–H and O–H groups in total. The van der Waals surface area contributed by atoms with Crippen LogP contribution in [0.25, 0.3) is 0 Å². The van der Waals surface area contributed by atoms with Gasteiger partial charge in [0.1, 0.15) is 0 Å². The van der Waals surface area contributed by atoms with Crippen LogP contribution in [-0.4, -0.2) is 11.6 Å². The summed E-state index contributed by atoms with van der Waals surface area (Å²) in [6.45, 7) is 4.31. The Labute approximate surface area is 131 Å². The molecule has 1 atom stereocenters. The van der Waals surface area contributed by atoms with Crippen molar-refractivity contribution >= 4 is 11.6 Å². The Hall–Kier alpha value is -2.22. The third kappa shape index (κ3) is 2.29. The second-order valence-electron chi connectivity index (χ2n) is 6.02. The third-order valence-corrected chi connectivity index (χ3v) is 4.51. The molecule has 0 bridgehead atoms. The van der Waals surface area contributed by atoms with E-state index in [9.17, 15) is 9.59 Å². The van der Waals surface area contributed by atoms with Crippen molar-refractivity contribution in [2.45, 2.75) is 39.0 Å². The average Bonchev–Trinajstić information content (AvgIpc) is 2.57. The highest BCUT2D eigenvalue weighted by Gasteiger charge is 2.31. The zero-order valence-electron chi connectivity index (χ0n) is 13.1. The van der Waals surface area contributed by atoms with Crippen LogP contribution >= 0.6 is 0 Å². The minimum absolute atomic E-state index is 0.0100. The van der Waals surface area contributed by atoms with Crippen LogP contribution < -0.4 is 0 Å². The van der Waals surface area contributed by atoms with Crippen LogP contribution in [-0.2, 0) is 0 Å². The lowest BCUT2D eigenvalue weighted by atomic mass is 9.78. The first-order valence-electron chi connectivity index (χ1n) is 7.96. The lowest BCUT2D eigenvalue weighted by Crippen LogP contribution is -2.23. The first kappa shape index (κ1) is 14.7. The van der Waals surface area contributed by atoms with Gasteiger partial charge in [0.2, 0.25) is 0 Å². The summed E-state index contributed by atoms with van der Waals surface area (Å²) in [7, 11) is 0. The van der Waals surface area contributed by atoms with E-state index < -0.39 is 0 Å². The van der Waals surface area contributed by atoms with Gasteiger partial charge < -0.3 is 0 Å². The summed E-state index contributed by atoms with van der Waals surface area (Å²) in [4.78, 5) is 25.6. The highest BCUT2D eigenvalue weighted by Crippen LogP contribution is 2.34. The molecule has 0 amide bonds. The Kier molecular flexibility index (Phi) is 3.93. The van der Waals surface area contributed by atoms with Crippen LogP contribution in [0.4, 0.5) is 0 Å². The number of rotatable bonds is 4. The number of hydrogen-bond acceptors (Lipinski definition) is 2. The van der Waals surface area contributed by atoms with Crippen molar-refractivity contribution in [3.8, 4) is 0 Å². The van der Waals surface area contributed by atoms with Gasteiger partial charge >= 0.3 is 0 Å². The second-order valence-corrected chi connectivity index (χ2v) is 6.02. The van der Waals surface area contributed by atoms with E-state index in [0.29, 0.717) is 22.3 Å². The monoisotopic (exact) mass is 292 g/mol. The number of ketones is 2. The van der Waals surface area contributed by atoms with Crippen molar-refractivity contribution in [2.24, 2.45) is 0 Å². The fourth-order valence-electron chi connectivity index (χ4n) is 3.25. The van der Waals surface area contributed by atoms with Gasteiger partial charge in [-0.1, -0.05) is 69.2 Å². The van der Waals surface area contributed by atoms with E-state index in [-0.39, 0.29) is 17.5 Å². The SMILES string of the molecule is CCCCC(C)c1cccc2c1C(=O)c1ccccc1C2=O. The van der Waals surface area contributed by atoms with Crippen molar-refractivity contribution in [3.63, 3.8) is 0 Å². The molecule has 112 valence electrons. The molecule has 2 aromatic carbocycles. The molecule has 3 rings (SSSR count). The molecule has 2 heteroatoms. The number of hydrogen-bond donors (Lipinski definition) is 0. The minimum atomic E-state index is -0.0326. The van der Waals surface area contributed by atoms with Gasteiger partial charge in [0.15, 0.2) is 11.6 Å². The molecule has 0 heterocycles. The van der Waals surface area contributed by atoms with Crippen LogP contribution in [0.15, 0.2) is 42.5 Å². The lowest BCUT2D eigenvalue weighted by Gasteiger charge is -2.23. The van der Waals surface area contributed by atoms with Crippen LogP contribution in [0.5, 0.6) is 0 Å². The molecule has 0 saturated carbocycles. The van der Waals surface area contributed by atoms with E-state index in [4.69, 9.17) is 0 Å². The van der Waals surface area contributed by atoms with Crippen molar-refractivity contribution in [1.82, 2.24) is 0 Å². The Balaban J connectivity index is 2.13. The summed E-state index contributed by atoms with van der Waals surface area (Å²) in [5.41, 5.74) is 3.26. The summed E-state index contributed by atoms with van der Waals surface area (Å²) in [5.74, 6) is 0.246. The number of fused-ring (bicyclic) bond motifs is 2. The predicted molar refractivity (Wildman–Crippen MR) is 87.7 cm³/mol. The zero-order valence-corrected chi connectivity index (χ0v) is 13.1.